The van der Waals surface area contributed by atoms with Gasteiger partial charge in [-0.25, -0.2) is 9.67 Å². The van der Waals surface area contributed by atoms with Gasteiger partial charge in [-0.15, -0.1) is 0 Å². The van der Waals surface area contributed by atoms with Gasteiger partial charge in [0.2, 0.25) is 5.91 Å². The van der Waals surface area contributed by atoms with Crippen LogP contribution in [-0.4, -0.2) is 31.0 Å². The number of fused-ring (bicyclic) bond motifs is 1. The van der Waals surface area contributed by atoms with Crippen molar-refractivity contribution in [2.24, 2.45) is 0 Å². The summed E-state index contributed by atoms with van der Waals surface area (Å²) >= 11 is 6.03. The molecule has 8 nitrogen and oxygen atoms in total. The number of carbonyl (C=O) groups excluding carboxylic acids is 2. The average molecular weight is 422 g/mol. The number of benzene rings is 2. The molecule has 1 amide bonds. The van der Waals surface area contributed by atoms with Crippen LogP contribution in [0, 0.1) is 0 Å². The van der Waals surface area contributed by atoms with Crippen LogP contribution in [0.1, 0.15) is 17.3 Å². The molecule has 30 heavy (non-hydrogen) atoms. The first-order chi connectivity index (χ1) is 14.4. The normalized spacial score (nSPS) is 10.9. The molecule has 0 aliphatic heterocycles. The highest BCUT2D eigenvalue weighted by Gasteiger charge is 2.15. The standard InChI is InChI=1S/C21H16ClN5O3/c1-13(28)16-7-2-3-8-18(16)25-19(29)11-26-12-23-20-17(21(26)30)10-24-27(20)15-6-4-5-14(22)9-15/h2-10,12H,11H2,1H3,(H,25,29). The van der Waals surface area contributed by atoms with E-state index in [0.29, 0.717) is 27.6 Å². The zero-order chi connectivity index (χ0) is 21.3. The SMILES string of the molecule is CC(=O)c1ccccc1NC(=O)Cn1cnc2c(cnn2-c2cccc(Cl)c2)c1=O. The van der Waals surface area contributed by atoms with Crippen molar-refractivity contribution in [3.63, 3.8) is 0 Å². The van der Waals surface area contributed by atoms with Gasteiger partial charge in [0.25, 0.3) is 5.56 Å². The van der Waals surface area contributed by atoms with E-state index in [1.54, 1.807) is 48.5 Å². The molecule has 0 saturated carbocycles. The smallest absolute Gasteiger partial charge is 0.264 e. The van der Waals surface area contributed by atoms with E-state index in [1.165, 1.54) is 28.7 Å². The number of anilines is 1. The van der Waals surface area contributed by atoms with Crippen LogP contribution in [0.5, 0.6) is 0 Å². The summed E-state index contributed by atoms with van der Waals surface area (Å²) in [6.45, 7) is 1.17. The summed E-state index contributed by atoms with van der Waals surface area (Å²) in [5, 5.41) is 7.71. The summed E-state index contributed by atoms with van der Waals surface area (Å²) < 4.78 is 2.70. The number of hydrogen-bond donors (Lipinski definition) is 1. The minimum Gasteiger partial charge on any atom is -0.324 e. The van der Waals surface area contributed by atoms with Gasteiger partial charge in [0.15, 0.2) is 11.4 Å². The number of carbonyl (C=O) groups is 2. The zero-order valence-corrected chi connectivity index (χ0v) is 16.6. The second-order valence-electron chi connectivity index (χ2n) is 6.60. The zero-order valence-electron chi connectivity index (χ0n) is 15.9. The van der Waals surface area contributed by atoms with Gasteiger partial charge in [-0.3, -0.25) is 19.0 Å². The maximum absolute atomic E-state index is 12.8. The summed E-state index contributed by atoms with van der Waals surface area (Å²) in [7, 11) is 0. The van der Waals surface area contributed by atoms with Crippen LogP contribution in [0.15, 0.2) is 65.8 Å². The monoisotopic (exact) mass is 421 g/mol. The first-order valence-corrected chi connectivity index (χ1v) is 9.41. The first-order valence-electron chi connectivity index (χ1n) is 9.03. The lowest BCUT2D eigenvalue weighted by Gasteiger charge is -2.10. The van der Waals surface area contributed by atoms with Crippen molar-refractivity contribution < 1.29 is 9.59 Å². The van der Waals surface area contributed by atoms with Crippen LogP contribution in [0.3, 0.4) is 0 Å². The number of nitrogens with one attached hydrogen (secondary N) is 1. The Kier molecular flexibility index (Phi) is 5.16. The Hall–Kier alpha value is -3.78. The third-order valence-electron chi connectivity index (χ3n) is 4.50. The summed E-state index contributed by atoms with van der Waals surface area (Å²) in [6.07, 6.45) is 2.70. The third-order valence-corrected chi connectivity index (χ3v) is 4.74. The van der Waals surface area contributed by atoms with Gasteiger partial charge in [0.05, 0.1) is 17.6 Å². The Morgan fingerprint density at radius 1 is 1.13 bits per heavy atom. The molecule has 2 aromatic heterocycles. The Morgan fingerprint density at radius 2 is 1.93 bits per heavy atom. The molecule has 9 heteroatoms. The van der Waals surface area contributed by atoms with Crippen LogP contribution in [0.2, 0.25) is 5.02 Å². The molecular weight excluding hydrogens is 406 g/mol. The number of halogens is 1. The molecule has 0 aliphatic carbocycles. The van der Waals surface area contributed by atoms with E-state index in [-0.39, 0.29) is 17.7 Å². The van der Waals surface area contributed by atoms with Crippen molar-refractivity contribution in [1.29, 1.82) is 0 Å². The Bertz CT molecular complexity index is 1340. The van der Waals surface area contributed by atoms with Crippen molar-refractivity contribution in [3.05, 3.63) is 82.0 Å². The Labute approximate surface area is 175 Å². The number of Topliss-reactive ketones (excluding diaryl/α,β-unsaturated/α-hetero) is 1. The predicted octanol–water partition coefficient (Wildman–Crippen LogP) is 3.08. The molecule has 0 saturated heterocycles. The Balaban J connectivity index is 1.62. The predicted molar refractivity (Wildman–Crippen MR) is 113 cm³/mol. The third kappa shape index (κ3) is 3.72. The lowest BCUT2D eigenvalue weighted by molar-refractivity contribution is -0.116. The highest BCUT2D eigenvalue weighted by atomic mass is 35.5. The Morgan fingerprint density at radius 3 is 2.70 bits per heavy atom. The second-order valence-corrected chi connectivity index (χ2v) is 7.04. The maximum Gasteiger partial charge on any atom is 0.264 e. The molecule has 0 spiro atoms. The summed E-state index contributed by atoms with van der Waals surface area (Å²) in [5.41, 5.74) is 1.42. The van der Waals surface area contributed by atoms with Crippen LogP contribution >= 0.6 is 11.6 Å². The molecule has 2 heterocycles. The molecular formula is C21H16ClN5O3. The molecule has 150 valence electrons. The fourth-order valence-corrected chi connectivity index (χ4v) is 3.29. The van der Waals surface area contributed by atoms with Crippen molar-refractivity contribution in [3.8, 4) is 5.69 Å². The molecule has 0 aliphatic rings. The quantitative estimate of drug-likeness (QED) is 0.499. The van der Waals surface area contributed by atoms with E-state index in [4.69, 9.17) is 11.6 Å². The lowest BCUT2D eigenvalue weighted by Crippen LogP contribution is -2.28. The van der Waals surface area contributed by atoms with E-state index in [9.17, 15) is 14.4 Å². The lowest BCUT2D eigenvalue weighted by atomic mass is 10.1. The number of nitrogens with zero attached hydrogens (tertiary/aromatic N) is 4. The molecule has 0 atom stereocenters. The van der Waals surface area contributed by atoms with Gasteiger partial charge in [-0.1, -0.05) is 29.8 Å². The topological polar surface area (TPSA) is 98.9 Å². The number of para-hydroxylation sites is 1. The minimum atomic E-state index is -0.450. The summed E-state index contributed by atoms with van der Waals surface area (Å²) in [5.74, 6) is -0.617. The molecule has 0 fully saturated rings. The molecule has 0 bridgehead atoms. The number of ketones is 1. The van der Waals surface area contributed by atoms with E-state index in [1.807, 2.05) is 0 Å². The van der Waals surface area contributed by atoms with Crippen LogP contribution in [0.25, 0.3) is 16.7 Å². The minimum absolute atomic E-state index is 0.167. The van der Waals surface area contributed by atoms with Gasteiger partial charge >= 0.3 is 0 Å². The van der Waals surface area contributed by atoms with E-state index >= 15 is 0 Å². The fourth-order valence-electron chi connectivity index (χ4n) is 3.10. The van der Waals surface area contributed by atoms with Crippen LogP contribution in [-0.2, 0) is 11.3 Å². The number of amides is 1. The van der Waals surface area contributed by atoms with Crippen molar-refractivity contribution >= 4 is 40.0 Å². The fraction of sp³-hybridized carbons (Fsp3) is 0.0952. The average Bonchev–Trinajstić information content (AvgIpc) is 3.15. The van der Waals surface area contributed by atoms with Crippen molar-refractivity contribution in [2.75, 3.05) is 5.32 Å². The summed E-state index contributed by atoms with van der Waals surface area (Å²) in [6, 6.07) is 13.7. The molecule has 4 aromatic rings. The molecule has 0 unspecified atom stereocenters. The maximum atomic E-state index is 12.8. The number of hydrogen-bond acceptors (Lipinski definition) is 5. The highest BCUT2D eigenvalue weighted by molar-refractivity contribution is 6.30. The number of rotatable bonds is 5. The second kappa shape index (κ2) is 7.92. The van der Waals surface area contributed by atoms with Crippen LogP contribution in [0.4, 0.5) is 5.69 Å². The molecule has 0 radical (unpaired) electrons. The number of aromatic nitrogens is 4. The van der Waals surface area contributed by atoms with E-state index in [0.717, 1.165) is 0 Å². The molecule has 1 N–H and O–H groups in total. The van der Waals surface area contributed by atoms with E-state index < -0.39 is 11.5 Å². The van der Waals surface area contributed by atoms with Crippen molar-refractivity contribution in [2.45, 2.75) is 13.5 Å². The summed E-state index contributed by atoms with van der Waals surface area (Å²) in [4.78, 5) is 41.3. The van der Waals surface area contributed by atoms with Gasteiger partial charge in [0.1, 0.15) is 18.3 Å². The van der Waals surface area contributed by atoms with E-state index in [2.05, 4.69) is 15.4 Å². The molecule has 4 rings (SSSR count). The van der Waals surface area contributed by atoms with Crippen molar-refractivity contribution in [1.82, 2.24) is 19.3 Å². The highest BCUT2D eigenvalue weighted by Crippen LogP contribution is 2.18. The van der Waals surface area contributed by atoms with Gasteiger partial charge < -0.3 is 5.32 Å². The molecule has 2 aromatic carbocycles. The largest absolute Gasteiger partial charge is 0.324 e. The van der Waals surface area contributed by atoms with Gasteiger partial charge in [-0.05, 0) is 37.3 Å². The van der Waals surface area contributed by atoms with Gasteiger partial charge in [-0.2, -0.15) is 5.10 Å². The van der Waals surface area contributed by atoms with Gasteiger partial charge in [0, 0.05) is 10.6 Å². The first kappa shape index (κ1) is 19.5. The van der Waals surface area contributed by atoms with Crippen LogP contribution < -0.4 is 10.9 Å².